The van der Waals surface area contributed by atoms with E-state index in [1.807, 2.05) is 6.92 Å². The number of amides is 1. The van der Waals surface area contributed by atoms with Crippen molar-refractivity contribution in [2.75, 3.05) is 13.1 Å². The second-order valence-electron chi connectivity index (χ2n) is 10.1. The average molecular weight is 562 g/mol. The highest BCUT2D eigenvalue weighted by molar-refractivity contribution is 5.95. The van der Waals surface area contributed by atoms with Crippen molar-refractivity contribution >= 4 is 11.9 Å². The molecule has 0 aliphatic carbocycles. The Hall–Kier alpha value is -3.89. The van der Waals surface area contributed by atoms with E-state index in [1.54, 1.807) is 32.0 Å². The number of rotatable bonds is 8. The molecule has 4 rings (SSSR count). The van der Waals surface area contributed by atoms with Crippen molar-refractivity contribution in [2.24, 2.45) is 5.92 Å². The maximum absolute atomic E-state index is 15.2. The lowest BCUT2D eigenvalue weighted by Crippen LogP contribution is -2.42. The lowest BCUT2D eigenvalue weighted by molar-refractivity contribution is -0.143. The number of likely N-dealkylation sites (tertiary alicyclic amines) is 1. The molecule has 1 amide bonds. The van der Waals surface area contributed by atoms with Crippen molar-refractivity contribution < 1.29 is 37.0 Å². The first-order chi connectivity index (χ1) is 18.9. The van der Waals surface area contributed by atoms with Crippen LogP contribution >= 0.6 is 0 Å². The number of hydrogen-bond acceptors (Lipinski definition) is 4. The summed E-state index contributed by atoms with van der Waals surface area (Å²) in [4.78, 5) is 25.7. The number of carbonyl (C=O) groups excluding carboxylic acids is 1. The number of benzene rings is 2. The van der Waals surface area contributed by atoms with Crippen LogP contribution in [0.4, 0.5) is 17.6 Å². The molecule has 1 aliphatic heterocycles. The molecule has 7 nitrogen and oxygen atoms in total. The predicted molar refractivity (Wildman–Crippen MR) is 139 cm³/mol. The van der Waals surface area contributed by atoms with Gasteiger partial charge in [0.15, 0.2) is 0 Å². The summed E-state index contributed by atoms with van der Waals surface area (Å²) in [5.74, 6) is -2.43. The first-order valence-corrected chi connectivity index (χ1v) is 13.1. The highest BCUT2D eigenvalue weighted by Crippen LogP contribution is 2.33. The Kier molecular flexibility index (Phi) is 8.51. The molecule has 1 aliphatic rings. The molecule has 2 heterocycles. The molecule has 11 heteroatoms. The van der Waals surface area contributed by atoms with E-state index in [4.69, 9.17) is 4.74 Å². The third kappa shape index (κ3) is 6.29. The molecule has 1 unspecified atom stereocenters. The summed E-state index contributed by atoms with van der Waals surface area (Å²) in [6, 6.07) is 7.69. The molecular formula is C29H31F4N3O4. The van der Waals surface area contributed by atoms with Gasteiger partial charge in [-0.1, -0.05) is 19.4 Å². The maximum atomic E-state index is 15.2. The minimum atomic E-state index is -4.50. The molecule has 3 aromatic rings. The summed E-state index contributed by atoms with van der Waals surface area (Å²) < 4.78 is 61.8. The molecule has 2 atom stereocenters. The van der Waals surface area contributed by atoms with Crippen LogP contribution in [-0.4, -0.2) is 44.8 Å². The van der Waals surface area contributed by atoms with Crippen molar-refractivity contribution in [3.63, 3.8) is 0 Å². The summed E-state index contributed by atoms with van der Waals surface area (Å²) in [6.45, 7) is 5.86. The Morgan fingerprint density at radius 1 is 1.18 bits per heavy atom. The molecule has 2 aromatic carbocycles. The fourth-order valence-electron chi connectivity index (χ4n) is 5.10. The number of piperidine rings is 1. The standard InChI is InChI=1S/C29H31F4N3O4/c1-4-6-25(19-8-9-23(24(30)13-19)27(37)35-10-5-7-20(15-35)28(38)39)40-22-11-17(2)26(18(3)12-22)36-16-21(14-34-36)29(31,32)33/h8-9,11-14,16,20,25H,4-7,10,15H2,1-3H3,(H,38,39)/t20-,25?/m0/s1. The van der Waals surface area contributed by atoms with Gasteiger partial charge in [0.1, 0.15) is 17.7 Å². The molecule has 40 heavy (non-hydrogen) atoms. The second kappa shape index (κ2) is 11.7. The summed E-state index contributed by atoms with van der Waals surface area (Å²) in [6.07, 6.45) is -1.04. The molecule has 1 aromatic heterocycles. The topological polar surface area (TPSA) is 84.7 Å². The van der Waals surface area contributed by atoms with E-state index in [1.165, 1.54) is 21.7 Å². The first-order valence-electron chi connectivity index (χ1n) is 13.1. The molecule has 214 valence electrons. The van der Waals surface area contributed by atoms with Crippen LogP contribution < -0.4 is 4.74 Å². The van der Waals surface area contributed by atoms with E-state index in [0.717, 1.165) is 18.8 Å². The summed E-state index contributed by atoms with van der Waals surface area (Å²) in [5.41, 5.74) is 1.36. The Morgan fingerprint density at radius 3 is 2.45 bits per heavy atom. The number of aryl methyl sites for hydroxylation is 2. The van der Waals surface area contributed by atoms with Crippen LogP contribution in [0.5, 0.6) is 5.75 Å². The zero-order valence-corrected chi connectivity index (χ0v) is 22.5. The van der Waals surface area contributed by atoms with E-state index >= 15 is 4.39 Å². The van der Waals surface area contributed by atoms with E-state index in [-0.39, 0.29) is 12.1 Å². The summed E-state index contributed by atoms with van der Waals surface area (Å²) in [7, 11) is 0. The van der Waals surface area contributed by atoms with E-state index < -0.39 is 41.5 Å². The first kappa shape index (κ1) is 29.1. The van der Waals surface area contributed by atoms with E-state index in [0.29, 0.717) is 53.9 Å². The number of carbonyl (C=O) groups is 2. The van der Waals surface area contributed by atoms with Crippen molar-refractivity contribution in [3.8, 4) is 11.4 Å². The summed E-state index contributed by atoms with van der Waals surface area (Å²) in [5, 5.41) is 13.2. The largest absolute Gasteiger partial charge is 0.486 e. The monoisotopic (exact) mass is 561 g/mol. The van der Waals surface area contributed by atoms with Crippen molar-refractivity contribution in [3.05, 3.63) is 76.4 Å². The lowest BCUT2D eigenvalue weighted by Gasteiger charge is -2.31. The number of alkyl halides is 3. The lowest BCUT2D eigenvalue weighted by atomic mass is 9.97. The molecule has 0 bridgehead atoms. The molecule has 1 fully saturated rings. The average Bonchev–Trinajstić information content (AvgIpc) is 3.38. The van der Waals surface area contributed by atoms with Gasteiger partial charge in [0.2, 0.25) is 0 Å². The number of ether oxygens (including phenoxy) is 1. The van der Waals surface area contributed by atoms with Crippen LogP contribution in [0.15, 0.2) is 42.7 Å². The Morgan fingerprint density at radius 2 is 1.88 bits per heavy atom. The number of carboxylic acid groups (broad SMARTS) is 1. The number of halogens is 4. The molecule has 1 saturated heterocycles. The number of aromatic nitrogens is 2. The Labute approximate surface area is 229 Å². The van der Waals surface area contributed by atoms with Crippen LogP contribution in [0, 0.1) is 25.6 Å². The second-order valence-corrected chi connectivity index (χ2v) is 10.1. The minimum Gasteiger partial charge on any atom is -0.486 e. The van der Waals surface area contributed by atoms with Gasteiger partial charge in [0.05, 0.1) is 28.9 Å². The normalized spacial score (nSPS) is 16.6. The van der Waals surface area contributed by atoms with Gasteiger partial charge in [0.25, 0.3) is 5.91 Å². The van der Waals surface area contributed by atoms with Crippen molar-refractivity contribution in [2.45, 2.75) is 58.7 Å². The van der Waals surface area contributed by atoms with Crippen LogP contribution in [0.2, 0.25) is 0 Å². The predicted octanol–water partition coefficient (Wildman–Crippen LogP) is 6.50. The molecular weight excluding hydrogens is 530 g/mol. The van der Waals surface area contributed by atoms with E-state index in [2.05, 4.69) is 5.10 Å². The van der Waals surface area contributed by atoms with Crippen LogP contribution in [0.3, 0.4) is 0 Å². The van der Waals surface area contributed by atoms with Gasteiger partial charge in [-0.15, -0.1) is 0 Å². The van der Waals surface area contributed by atoms with Crippen LogP contribution in [0.1, 0.15) is 71.3 Å². The summed E-state index contributed by atoms with van der Waals surface area (Å²) >= 11 is 0. The number of hydrogen-bond donors (Lipinski definition) is 1. The van der Waals surface area contributed by atoms with Gasteiger partial charge in [-0.05, 0) is 74.1 Å². The van der Waals surface area contributed by atoms with Gasteiger partial charge in [-0.3, -0.25) is 9.59 Å². The highest BCUT2D eigenvalue weighted by Gasteiger charge is 2.33. The smallest absolute Gasteiger partial charge is 0.419 e. The zero-order valence-electron chi connectivity index (χ0n) is 22.5. The molecule has 0 spiro atoms. The van der Waals surface area contributed by atoms with Gasteiger partial charge in [0, 0.05) is 19.3 Å². The quantitative estimate of drug-likeness (QED) is 0.317. The van der Waals surface area contributed by atoms with Crippen molar-refractivity contribution in [1.29, 1.82) is 0 Å². The Bertz CT molecular complexity index is 1380. The third-order valence-electron chi connectivity index (χ3n) is 7.09. The minimum absolute atomic E-state index is 0.0433. The van der Waals surface area contributed by atoms with Crippen molar-refractivity contribution in [1.82, 2.24) is 14.7 Å². The van der Waals surface area contributed by atoms with Gasteiger partial charge in [-0.25, -0.2) is 9.07 Å². The molecule has 0 radical (unpaired) electrons. The van der Waals surface area contributed by atoms with Gasteiger partial charge in [-0.2, -0.15) is 18.3 Å². The fraction of sp³-hybridized carbons (Fsp3) is 0.414. The maximum Gasteiger partial charge on any atom is 0.419 e. The number of carboxylic acids is 1. The molecule has 0 saturated carbocycles. The molecule has 1 N–H and O–H groups in total. The van der Waals surface area contributed by atoms with Crippen LogP contribution in [-0.2, 0) is 11.0 Å². The third-order valence-corrected chi connectivity index (χ3v) is 7.09. The number of nitrogens with zero attached hydrogens (tertiary/aromatic N) is 3. The highest BCUT2D eigenvalue weighted by atomic mass is 19.4. The zero-order chi connectivity index (χ0) is 29.2. The van der Waals surface area contributed by atoms with Gasteiger partial charge < -0.3 is 14.7 Å². The van der Waals surface area contributed by atoms with Crippen LogP contribution in [0.25, 0.3) is 5.69 Å². The Balaban J connectivity index is 1.55. The van der Waals surface area contributed by atoms with E-state index in [9.17, 15) is 27.9 Å². The number of aliphatic carboxylic acids is 1. The van der Waals surface area contributed by atoms with Gasteiger partial charge >= 0.3 is 12.1 Å². The fourth-order valence-corrected chi connectivity index (χ4v) is 5.10. The SMILES string of the molecule is CCCC(Oc1cc(C)c(-n2cc(C(F)(F)F)cn2)c(C)c1)c1ccc(C(=O)N2CCC[C@H](C(=O)O)C2)c(F)c1.